The minimum absolute atomic E-state index is 0.0271. The van der Waals surface area contributed by atoms with Gasteiger partial charge in [0.05, 0.1) is 11.3 Å². The second kappa shape index (κ2) is 4.30. The summed E-state index contributed by atoms with van der Waals surface area (Å²) >= 11 is 5.83. The number of hydrogen-bond acceptors (Lipinski definition) is 3. The normalized spacial score (nSPS) is 14.1. The van der Waals surface area contributed by atoms with E-state index in [2.05, 4.69) is 0 Å². The van der Waals surface area contributed by atoms with Crippen LogP contribution in [0, 0.1) is 0 Å². The second-order valence-electron chi connectivity index (χ2n) is 3.90. The first-order chi connectivity index (χ1) is 8.00. The van der Waals surface area contributed by atoms with Gasteiger partial charge >= 0.3 is 0 Å². The summed E-state index contributed by atoms with van der Waals surface area (Å²) in [5.41, 5.74) is 0.844. The quantitative estimate of drug-likeness (QED) is 0.771. The molecule has 1 aromatic carbocycles. The molecule has 1 aromatic rings. The first-order valence-corrected chi connectivity index (χ1v) is 5.53. The number of hydrogen-bond donors (Lipinski definition) is 0. The summed E-state index contributed by atoms with van der Waals surface area (Å²) in [4.78, 5) is 35.6. The van der Waals surface area contributed by atoms with Crippen molar-refractivity contribution in [3.8, 4) is 0 Å². The molecule has 0 unspecified atom stereocenters. The minimum Gasteiger partial charge on any atom is -0.304 e. The van der Waals surface area contributed by atoms with E-state index in [0.717, 1.165) is 0 Å². The van der Waals surface area contributed by atoms with Gasteiger partial charge in [-0.05, 0) is 25.1 Å². The fraction of sp³-hybridized carbons (Fsp3) is 0.250. The molecular weight excluding hydrogens is 242 g/mol. The van der Waals surface area contributed by atoms with Crippen LogP contribution in [0.4, 0.5) is 5.69 Å². The standard InChI is InChI=1S/C12H10ClNO3/c1-7(15)4-5-14-10-6-8(13)2-3-9(10)11(16)12(14)17/h2-3,6H,4-5H2,1H3. The lowest BCUT2D eigenvalue weighted by Crippen LogP contribution is -2.31. The summed E-state index contributed by atoms with van der Waals surface area (Å²) < 4.78 is 0. The van der Waals surface area contributed by atoms with Crippen molar-refractivity contribution in [2.45, 2.75) is 13.3 Å². The summed E-state index contributed by atoms with van der Waals surface area (Å²) in [5.74, 6) is -1.16. The predicted octanol–water partition coefficient (Wildman–Crippen LogP) is 1.85. The fourth-order valence-electron chi connectivity index (χ4n) is 1.76. The number of amides is 1. The number of benzene rings is 1. The molecule has 1 heterocycles. The van der Waals surface area contributed by atoms with E-state index in [1.807, 2.05) is 0 Å². The second-order valence-corrected chi connectivity index (χ2v) is 4.34. The van der Waals surface area contributed by atoms with E-state index >= 15 is 0 Å². The lowest BCUT2D eigenvalue weighted by atomic mass is 10.1. The van der Waals surface area contributed by atoms with Gasteiger partial charge in [0.15, 0.2) is 0 Å². The van der Waals surface area contributed by atoms with E-state index in [0.29, 0.717) is 16.3 Å². The van der Waals surface area contributed by atoms with Crippen LogP contribution in [0.25, 0.3) is 0 Å². The highest BCUT2D eigenvalue weighted by Crippen LogP contribution is 2.31. The highest BCUT2D eigenvalue weighted by Gasteiger charge is 2.35. The molecule has 0 atom stereocenters. The number of Topliss-reactive ketones (excluding diaryl/α,β-unsaturated/α-hetero) is 2. The molecular formula is C12H10ClNO3. The van der Waals surface area contributed by atoms with E-state index < -0.39 is 11.7 Å². The molecule has 0 N–H and O–H groups in total. The molecule has 1 aliphatic rings. The van der Waals surface area contributed by atoms with Gasteiger partial charge < -0.3 is 4.90 Å². The molecule has 2 rings (SSSR count). The average molecular weight is 252 g/mol. The highest BCUT2D eigenvalue weighted by molar-refractivity contribution is 6.52. The van der Waals surface area contributed by atoms with Crippen molar-refractivity contribution in [1.29, 1.82) is 0 Å². The zero-order valence-electron chi connectivity index (χ0n) is 9.20. The number of rotatable bonds is 3. The number of fused-ring (bicyclic) bond motifs is 1. The number of halogens is 1. The van der Waals surface area contributed by atoms with E-state index in [1.165, 1.54) is 17.9 Å². The minimum atomic E-state index is -0.594. The van der Waals surface area contributed by atoms with Gasteiger partial charge in [-0.15, -0.1) is 0 Å². The molecule has 0 spiro atoms. The maximum Gasteiger partial charge on any atom is 0.299 e. The zero-order valence-corrected chi connectivity index (χ0v) is 9.95. The largest absolute Gasteiger partial charge is 0.304 e. The van der Waals surface area contributed by atoms with Crippen LogP contribution in [-0.4, -0.2) is 24.0 Å². The van der Waals surface area contributed by atoms with Gasteiger partial charge in [0.25, 0.3) is 11.7 Å². The first-order valence-electron chi connectivity index (χ1n) is 5.16. The van der Waals surface area contributed by atoms with Crippen molar-refractivity contribution in [2.24, 2.45) is 0 Å². The summed E-state index contributed by atoms with van der Waals surface area (Å²) in [6.07, 6.45) is 0.227. The number of ketones is 2. The van der Waals surface area contributed by atoms with Crippen LogP contribution in [-0.2, 0) is 9.59 Å². The van der Waals surface area contributed by atoms with Gasteiger partial charge in [-0.1, -0.05) is 11.6 Å². The molecule has 1 aliphatic heterocycles. The van der Waals surface area contributed by atoms with Crippen molar-refractivity contribution in [3.63, 3.8) is 0 Å². The van der Waals surface area contributed by atoms with Crippen LogP contribution < -0.4 is 4.90 Å². The molecule has 0 aromatic heterocycles. The van der Waals surface area contributed by atoms with Crippen molar-refractivity contribution in [3.05, 3.63) is 28.8 Å². The molecule has 17 heavy (non-hydrogen) atoms. The summed E-state index contributed by atoms with van der Waals surface area (Å²) in [7, 11) is 0. The molecule has 88 valence electrons. The smallest absolute Gasteiger partial charge is 0.299 e. The van der Waals surface area contributed by atoms with Crippen LogP contribution >= 0.6 is 11.6 Å². The monoisotopic (exact) mass is 251 g/mol. The number of carbonyl (C=O) groups excluding carboxylic acids is 3. The van der Waals surface area contributed by atoms with Crippen LogP contribution in [0.15, 0.2) is 18.2 Å². The van der Waals surface area contributed by atoms with Crippen molar-refractivity contribution >= 4 is 34.8 Å². The Kier molecular flexibility index (Phi) is 2.98. The molecule has 0 saturated carbocycles. The molecule has 5 heteroatoms. The van der Waals surface area contributed by atoms with Crippen LogP contribution in [0.3, 0.4) is 0 Å². The molecule has 0 bridgehead atoms. The number of carbonyl (C=O) groups is 3. The summed E-state index contributed by atoms with van der Waals surface area (Å²) in [6, 6.07) is 4.67. The molecule has 4 nitrogen and oxygen atoms in total. The molecule has 0 fully saturated rings. The maximum atomic E-state index is 11.7. The van der Waals surface area contributed by atoms with Gasteiger partial charge in [0.1, 0.15) is 5.78 Å². The Morgan fingerprint density at radius 3 is 2.71 bits per heavy atom. The zero-order chi connectivity index (χ0) is 12.6. The SMILES string of the molecule is CC(=O)CCN1C(=O)C(=O)c2ccc(Cl)cc21. The van der Waals surface area contributed by atoms with Crippen molar-refractivity contribution in [2.75, 3.05) is 11.4 Å². The third kappa shape index (κ3) is 2.08. The summed E-state index contributed by atoms with van der Waals surface area (Å²) in [6.45, 7) is 1.66. The Balaban J connectivity index is 2.36. The third-order valence-corrected chi connectivity index (χ3v) is 2.86. The van der Waals surface area contributed by atoms with Crippen molar-refractivity contribution in [1.82, 2.24) is 0 Å². The van der Waals surface area contributed by atoms with E-state index in [-0.39, 0.29) is 18.7 Å². The van der Waals surface area contributed by atoms with Crippen LogP contribution in [0.2, 0.25) is 5.02 Å². The highest BCUT2D eigenvalue weighted by atomic mass is 35.5. The van der Waals surface area contributed by atoms with E-state index in [1.54, 1.807) is 12.1 Å². The first kappa shape index (κ1) is 11.8. The van der Waals surface area contributed by atoms with Gasteiger partial charge in [-0.2, -0.15) is 0 Å². The van der Waals surface area contributed by atoms with Crippen LogP contribution in [0.5, 0.6) is 0 Å². The predicted molar refractivity (Wildman–Crippen MR) is 63.4 cm³/mol. The molecule has 0 radical (unpaired) electrons. The maximum absolute atomic E-state index is 11.7. The number of nitrogens with zero attached hydrogens (tertiary/aromatic N) is 1. The lowest BCUT2D eigenvalue weighted by Gasteiger charge is -2.15. The van der Waals surface area contributed by atoms with Gasteiger partial charge in [0, 0.05) is 18.0 Å². The Morgan fingerprint density at radius 1 is 1.35 bits per heavy atom. The molecule has 0 aliphatic carbocycles. The van der Waals surface area contributed by atoms with E-state index in [4.69, 9.17) is 11.6 Å². The van der Waals surface area contributed by atoms with Gasteiger partial charge in [0.2, 0.25) is 0 Å². The molecule has 0 saturated heterocycles. The number of anilines is 1. The fourth-order valence-corrected chi connectivity index (χ4v) is 1.92. The van der Waals surface area contributed by atoms with Crippen LogP contribution in [0.1, 0.15) is 23.7 Å². The molecule has 1 amide bonds. The Labute approximate surface area is 103 Å². The lowest BCUT2D eigenvalue weighted by molar-refractivity contribution is -0.117. The van der Waals surface area contributed by atoms with Crippen molar-refractivity contribution < 1.29 is 14.4 Å². The average Bonchev–Trinajstić information content (AvgIpc) is 2.49. The topological polar surface area (TPSA) is 54.5 Å². The Morgan fingerprint density at radius 2 is 2.06 bits per heavy atom. The van der Waals surface area contributed by atoms with Gasteiger partial charge in [-0.3, -0.25) is 14.4 Å². The van der Waals surface area contributed by atoms with E-state index in [9.17, 15) is 14.4 Å². The third-order valence-electron chi connectivity index (χ3n) is 2.62. The van der Waals surface area contributed by atoms with Gasteiger partial charge in [-0.25, -0.2) is 0 Å². The Hall–Kier alpha value is -1.68. The Bertz CT molecular complexity index is 524. The summed E-state index contributed by atoms with van der Waals surface area (Å²) in [5, 5.41) is 0.457.